The van der Waals surface area contributed by atoms with Crippen molar-refractivity contribution < 1.29 is 30.9 Å². The van der Waals surface area contributed by atoms with E-state index in [9.17, 15) is 5.11 Å². The molecular formula is C29H18N5O2Pt-. The molecule has 1 N–H and O–H groups in total. The Morgan fingerprint density at radius 2 is 1.59 bits per heavy atom. The van der Waals surface area contributed by atoms with Crippen LogP contribution in [0.4, 0.5) is 0 Å². The Labute approximate surface area is 225 Å². The van der Waals surface area contributed by atoms with Crippen LogP contribution >= 0.6 is 0 Å². The summed E-state index contributed by atoms with van der Waals surface area (Å²) in [6.07, 6.45) is 1.75. The second-order valence-electron chi connectivity index (χ2n) is 8.30. The molecule has 4 heterocycles. The number of phenols is 1. The molecule has 0 atom stereocenters. The quantitative estimate of drug-likeness (QED) is 0.228. The number of aromatic nitrogens is 5. The summed E-state index contributed by atoms with van der Waals surface area (Å²) in [5.74, 6) is 2.53. The van der Waals surface area contributed by atoms with E-state index in [1.165, 1.54) is 0 Å². The SMILES string of the molecule is Oc1ccccc1-c1[c-]c(Oc2ccc3c(n2)n(-c2ccccn2)c2nc4ccccc4n32)ccc1.[Pt]. The van der Waals surface area contributed by atoms with Crippen molar-refractivity contribution >= 4 is 28.0 Å². The number of fused-ring (bicyclic) bond motifs is 5. The molecule has 0 unspecified atom stereocenters. The number of rotatable bonds is 4. The summed E-state index contributed by atoms with van der Waals surface area (Å²) in [4.78, 5) is 14.3. The van der Waals surface area contributed by atoms with Gasteiger partial charge >= 0.3 is 0 Å². The molecule has 0 radical (unpaired) electrons. The molecule has 0 amide bonds. The van der Waals surface area contributed by atoms with Gasteiger partial charge in [0.05, 0.1) is 22.3 Å². The van der Waals surface area contributed by atoms with Gasteiger partial charge in [-0.25, -0.2) is 14.5 Å². The molecule has 37 heavy (non-hydrogen) atoms. The van der Waals surface area contributed by atoms with Gasteiger partial charge in [0, 0.05) is 39.1 Å². The van der Waals surface area contributed by atoms with E-state index in [4.69, 9.17) is 14.7 Å². The van der Waals surface area contributed by atoms with Crippen LogP contribution in [0.2, 0.25) is 0 Å². The molecule has 3 aromatic carbocycles. The Morgan fingerprint density at radius 3 is 2.46 bits per heavy atom. The van der Waals surface area contributed by atoms with Gasteiger partial charge < -0.3 is 9.84 Å². The van der Waals surface area contributed by atoms with Crippen LogP contribution in [-0.2, 0) is 21.1 Å². The zero-order valence-electron chi connectivity index (χ0n) is 19.2. The van der Waals surface area contributed by atoms with E-state index in [2.05, 4.69) is 15.5 Å². The van der Waals surface area contributed by atoms with Crippen LogP contribution in [0.5, 0.6) is 17.4 Å². The Hall–Kier alpha value is -4.48. The van der Waals surface area contributed by atoms with Crippen LogP contribution in [0.15, 0.2) is 103 Å². The molecule has 7 aromatic rings. The second kappa shape index (κ2) is 9.19. The van der Waals surface area contributed by atoms with Crippen molar-refractivity contribution in [1.82, 2.24) is 23.9 Å². The number of benzene rings is 3. The van der Waals surface area contributed by atoms with Crippen molar-refractivity contribution in [2.75, 3.05) is 0 Å². The predicted octanol–water partition coefficient (Wildman–Crippen LogP) is 6.18. The molecule has 8 heteroatoms. The smallest absolute Gasteiger partial charge is 0.223 e. The Kier molecular flexibility index (Phi) is 5.70. The zero-order chi connectivity index (χ0) is 24.1. The first-order chi connectivity index (χ1) is 17.8. The first-order valence-electron chi connectivity index (χ1n) is 11.4. The van der Waals surface area contributed by atoms with Crippen molar-refractivity contribution in [1.29, 1.82) is 0 Å². The standard InChI is InChI=1S/C29H18N5O2.Pt/c35-25-13-4-1-10-21(25)19-8-7-9-20(18-19)36-27-16-15-24-28(32-27)34(26-14-5-6-17-30-26)29-31-22-11-2-3-12-23(22)33(24)29;/h1-17,35H;/q-1;. The third kappa shape index (κ3) is 3.84. The molecular weight excluding hydrogens is 645 g/mol. The number of imidazole rings is 2. The molecule has 4 aromatic heterocycles. The normalized spacial score (nSPS) is 11.1. The first-order valence-corrected chi connectivity index (χ1v) is 11.4. The summed E-state index contributed by atoms with van der Waals surface area (Å²) in [6.45, 7) is 0. The van der Waals surface area contributed by atoms with Crippen LogP contribution in [-0.4, -0.2) is 29.0 Å². The number of phenolic OH excluding ortho intramolecular Hbond substituents is 1. The molecule has 0 saturated carbocycles. The maximum Gasteiger partial charge on any atom is 0.223 e. The van der Waals surface area contributed by atoms with Crippen molar-refractivity contribution in [3.8, 4) is 34.3 Å². The summed E-state index contributed by atoms with van der Waals surface area (Å²) in [7, 11) is 0. The molecule has 7 nitrogen and oxygen atoms in total. The van der Waals surface area contributed by atoms with Crippen LogP contribution in [0.25, 0.3) is 44.9 Å². The van der Waals surface area contributed by atoms with E-state index in [1.54, 1.807) is 18.3 Å². The van der Waals surface area contributed by atoms with Crippen LogP contribution in [0.3, 0.4) is 0 Å². The van der Waals surface area contributed by atoms with E-state index in [-0.39, 0.29) is 26.8 Å². The van der Waals surface area contributed by atoms with E-state index in [1.807, 2.05) is 89.5 Å². The first kappa shape index (κ1) is 22.9. The fourth-order valence-corrected chi connectivity index (χ4v) is 4.49. The molecule has 0 bridgehead atoms. The summed E-state index contributed by atoms with van der Waals surface area (Å²) in [5, 5.41) is 10.2. The van der Waals surface area contributed by atoms with Gasteiger partial charge in [0.25, 0.3) is 0 Å². The number of aromatic hydroxyl groups is 1. The number of nitrogens with zero attached hydrogens (tertiary/aromatic N) is 5. The van der Waals surface area contributed by atoms with E-state index >= 15 is 0 Å². The van der Waals surface area contributed by atoms with Gasteiger partial charge in [0.2, 0.25) is 11.7 Å². The number of hydrogen-bond donors (Lipinski definition) is 1. The fraction of sp³-hybridized carbons (Fsp3) is 0. The van der Waals surface area contributed by atoms with Crippen molar-refractivity contribution in [3.63, 3.8) is 0 Å². The molecule has 0 fully saturated rings. The van der Waals surface area contributed by atoms with Crippen LogP contribution in [0.1, 0.15) is 0 Å². The molecule has 0 saturated heterocycles. The molecule has 7 rings (SSSR count). The fourth-order valence-electron chi connectivity index (χ4n) is 4.49. The zero-order valence-corrected chi connectivity index (χ0v) is 21.5. The van der Waals surface area contributed by atoms with Crippen molar-refractivity contribution in [2.24, 2.45) is 0 Å². The minimum Gasteiger partial charge on any atom is -0.517 e. The summed E-state index contributed by atoms with van der Waals surface area (Å²) < 4.78 is 10.1. The summed E-state index contributed by atoms with van der Waals surface area (Å²) in [5.41, 5.74) is 4.87. The Balaban J connectivity index is 0.00000252. The largest absolute Gasteiger partial charge is 0.517 e. The maximum absolute atomic E-state index is 10.2. The van der Waals surface area contributed by atoms with Gasteiger partial charge in [0.1, 0.15) is 5.82 Å². The van der Waals surface area contributed by atoms with E-state index in [0.717, 1.165) is 27.9 Å². The summed E-state index contributed by atoms with van der Waals surface area (Å²) in [6, 6.07) is 33.5. The Bertz CT molecular complexity index is 1900. The topological polar surface area (TPSA) is 77.5 Å². The van der Waals surface area contributed by atoms with Crippen LogP contribution in [0, 0.1) is 6.07 Å². The number of para-hydroxylation sites is 3. The number of pyridine rings is 2. The average Bonchev–Trinajstić information content (AvgIpc) is 3.44. The third-order valence-corrected chi connectivity index (χ3v) is 6.08. The molecule has 0 aliphatic carbocycles. The summed E-state index contributed by atoms with van der Waals surface area (Å²) >= 11 is 0. The maximum atomic E-state index is 10.2. The van der Waals surface area contributed by atoms with Crippen molar-refractivity contribution in [2.45, 2.75) is 0 Å². The van der Waals surface area contributed by atoms with Gasteiger partial charge in [-0.3, -0.25) is 4.40 Å². The monoisotopic (exact) mass is 663 g/mol. The third-order valence-electron chi connectivity index (χ3n) is 6.08. The number of ether oxygens (including phenoxy) is 1. The van der Waals surface area contributed by atoms with E-state index in [0.29, 0.717) is 28.7 Å². The molecule has 0 spiro atoms. The number of hydrogen-bond acceptors (Lipinski definition) is 5. The minimum absolute atomic E-state index is 0. The van der Waals surface area contributed by atoms with Gasteiger partial charge in [0.15, 0.2) is 5.65 Å². The van der Waals surface area contributed by atoms with E-state index < -0.39 is 0 Å². The second-order valence-corrected chi connectivity index (χ2v) is 8.30. The molecule has 182 valence electrons. The minimum atomic E-state index is 0. The Morgan fingerprint density at radius 1 is 0.757 bits per heavy atom. The molecule has 0 aliphatic rings. The van der Waals surface area contributed by atoms with Gasteiger partial charge in [-0.05, 0) is 36.4 Å². The molecule has 0 aliphatic heterocycles. The van der Waals surface area contributed by atoms with Gasteiger partial charge in [-0.2, -0.15) is 4.98 Å². The predicted molar refractivity (Wildman–Crippen MR) is 138 cm³/mol. The van der Waals surface area contributed by atoms with Crippen LogP contribution < -0.4 is 4.74 Å². The van der Waals surface area contributed by atoms with Gasteiger partial charge in [-0.15, -0.1) is 23.8 Å². The van der Waals surface area contributed by atoms with Crippen molar-refractivity contribution in [3.05, 3.63) is 109 Å². The van der Waals surface area contributed by atoms with Gasteiger partial charge in [-0.1, -0.05) is 48.0 Å². The average molecular weight is 664 g/mol.